The van der Waals surface area contributed by atoms with Crippen LogP contribution >= 0.6 is 11.6 Å². The number of aromatic nitrogens is 1. The van der Waals surface area contributed by atoms with E-state index in [0.717, 1.165) is 21.8 Å². The van der Waals surface area contributed by atoms with Crippen molar-refractivity contribution in [1.29, 1.82) is 0 Å². The molecule has 0 bridgehead atoms. The Balaban J connectivity index is 1.64. The Morgan fingerprint density at radius 2 is 1.06 bits per heavy atom. The Kier molecular flexibility index (Phi) is 3.99. The smallest absolute Gasteiger partial charge is 0.0791 e. The lowest BCUT2D eigenvalue weighted by Gasteiger charge is -2.31. The predicted octanol–water partition coefficient (Wildman–Crippen LogP) is 8.90. The molecule has 1 aromatic heterocycles. The fourth-order valence-electron chi connectivity index (χ4n) is 6.64. The van der Waals surface area contributed by atoms with Crippen LogP contribution in [0.15, 0.2) is 121 Å². The van der Waals surface area contributed by atoms with Crippen LogP contribution in [0.25, 0.3) is 44.4 Å². The lowest BCUT2D eigenvalue weighted by atomic mass is 9.69. The monoisotopic (exact) mass is 477 g/mol. The molecule has 2 heteroatoms. The van der Waals surface area contributed by atoms with E-state index in [9.17, 15) is 0 Å². The van der Waals surface area contributed by atoms with E-state index < -0.39 is 5.41 Å². The van der Waals surface area contributed by atoms with E-state index in [1.165, 1.54) is 49.9 Å². The van der Waals surface area contributed by atoms with E-state index in [0.29, 0.717) is 0 Å². The van der Waals surface area contributed by atoms with Gasteiger partial charge in [0.05, 0.1) is 16.6 Å². The summed E-state index contributed by atoms with van der Waals surface area (Å²) in [4.78, 5) is 5.27. The lowest BCUT2D eigenvalue weighted by molar-refractivity contribution is 0.801. The molecule has 1 nitrogen and oxygen atoms in total. The minimum atomic E-state index is -0.400. The van der Waals surface area contributed by atoms with Gasteiger partial charge in [-0.05, 0) is 57.1 Å². The average molecular weight is 478 g/mol. The Morgan fingerprint density at radius 1 is 0.528 bits per heavy atom. The third kappa shape index (κ3) is 2.39. The van der Waals surface area contributed by atoms with E-state index in [2.05, 4.69) is 109 Å². The quantitative estimate of drug-likeness (QED) is 0.230. The molecule has 1 spiro atoms. The zero-order valence-electron chi connectivity index (χ0n) is 19.4. The third-order valence-corrected chi connectivity index (χ3v) is 8.19. The molecule has 0 unspecified atom stereocenters. The van der Waals surface area contributed by atoms with E-state index >= 15 is 0 Å². The maximum atomic E-state index is 6.28. The molecule has 0 atom stereocenters. The van der Waals surface area contributed by atoms with Crippen LogP contribution in [0, 0.1) is 0 Å². The normalized spacial score (nSPS) is 13.9. The van der Waals surface area contributed by atoms with Gasteiger partial charge < -0.3 is 0 Å². The van der Waals surface area contributed by atoms with Gasteiger partial charge in [-0.15, -0.1) is 0 Å². The number of hydrogen-bond acceptors (Lipinski definition) is 1. The van der Waals surface area contributed by atoms with Gasteiger partial charge in [-0.1, -0.05) is 115 Å². The van der Waals surface area contributed by atoms with Gasteiger partial charge in [0.25, 0.3) is 0 Å². The second-order valence-electron chi connectivity index (χ2n) is 9.62. The fraction of sp³-hybridized carbons (Fsp3) is 0.0294. The minimum absolute atomic E-state index is 0.400. The summed E-state index contributed by atoms with van der Waals surface area (Å²) in [5.41, 5.74) is 13.1. The zero-order valence-corrected chi connectivity index (χ0v) is 20.1. The van der Waals surface area contributed by atoms with Crippen LogP contribution in [-0.2, 0) is 5.41 Å². The van der Waals surface area contributed by atoms with E-state index in [-0.39, 0.29) is 0 Å². The Labute approximate surface area is 214 Å². The molecule has 8 rings (SSSR count). The summed E-state index contributed by atoms with van der Waals surface area (Å²) in [6.45, 7) is 0. The van der Waals surface area contributed by atoms with Gasteiger partial charge in [0.2, 0.25) is 0 Å². The Bertz CT molecular complexity index is 1800. The van der Waals surface area contributed by atoms with Crippen molar-refractivity contribution in [2.24, 2.45) is 0 Å². The molecule has 5 aromatic carbocycles. The van der Waals surface area contributed by atoms with Crippen molar-refractivity contribution in [3.8, 4) is 33.5 Å². The summed E-state index contributed by atoms with van der Waals surface area (Å²) in [6.07, 6.45) is 0. The lowest BCUT2D eigenvalue weighted by Crippen LogP contribution is -2.26. The summed E-state index contributed by atoms with van der Waals surface area (Å²) >= 11 is 6.28. The van der Waals surface area contributed by atoms with Crippen molar-refractivity contribution in [3.05, 3.63) is 149 Å². The molecule has 0 saturated carbocycles. The average Bonchev–Trinajstić information content (AvgIpc) is 3.41. The van der Waals surface area contributed by atoms with Crippen molar-refractivity contribution >= 4 is 22.5 Å². The van der Waals surface area contributed by atoms with Gasteiger partial charge in [0.1, 0.15) is 0 Å². The van der Waals surface area contributed by atoms with Crippen LogP contribution in [-0.4, -0.2) is 4.98 Å². The summed E-state index contributed by atoms with van der Waals surface area (Å²) in [5, 5.41) is 1.93. The molecular weight excluding hydrogens is 458 g/mol. The predicted molar refractivity (Wildman–Crippen MR) is 148 cm³/mol. The van der Waals surface area contributed by atoms with Crippen molar-refractivity contribution in [1.82, 2.24) is 4.98 Å². The molecule has 1 heterocycles. The van der Waals surface area contributed by atoms with Gasteiger partial charge in [0.15, 0.2) is 0 Å². The molecule has 2 aliphatic rings. The number of pyridine rings is 1. The molecule has 0 amide bonds. The van der Waals surface area contributed by atoms with Gasteiger partial charge in [0, 0.05) is 21.5 Å². The largest absolute Gasteiger partial charge is 0.247 e. The van der Waals surface area contributed by atoms with Crippen LogP contribution in [0.3, 0.4) is 0 Å². The second kappa shape index (κ2) is 7.16. The van der Waals surface area contributed by atoms with Crippen LogP contribution in [0.2, 0.25) is 5.02 Å². The molecule has 0 aliphatic heterocycles. The Morgan fingerprint density at radius 3 is 1.72 bits per heavy atom. The molecule has 0 radical (unpaired) electrons. The topological polar surface area (TPSA) is 12.9 Å². The molecular formula is C34H20ClN. The minimum Gasteiger partial charge on any atom is -0.247 e. The van der Waals surface area contributed by atoms with Gasteiger partial charge >= 0.3 is 0 Å². The van der Waals surface area contributed by atoms with Crippen LogP contribution < -0.4 is 0 Å². The van der Waals surface area contributed by atoms with Crippen molar-refractivity contribution in [2.45, 2.75) is 5.41 Å². The number of halogens is 1. The summed E-state index contributed by atoms with van der Waals surface area (Å²) in [5.74, 6) is 0. The highest BCUT2D eigenvalue weighted by molar-refractivity contribution is 6.30. The highest BCUT2D eigenvalue weighted by atomic mass is 35.5. The molecule has 6 aromatic rings. The number of fused-ring (bicyclic) bond motifs is 12. The van der Waals surface area contributed by atoms with E-state index in [1.54, 1.807) is 0 Å². The van der Waals surface area contributed by atoms with E-state index in [4.69, 9.17) is 16.6 Å². The van der Waals surface area contributed by atoms with Crippen LogP contribution in [0.1, 0.15) is 22.3 Å². The first-order valence-corrected chi connectivity index (χ1v) is 12.6. The Hall–Kier alpha value is -4.20. The SMILES string of the molecule is Clc1ccc(-c2nc3ccccc3c3c2-c2ccccc2C32c3ccccc3-c3ccccc32)cc1. The number of benzene rings is 5. The standard InChI is InChI=1S/C34H20ClN/c35-22-19-17-21(18-20-22)33-31-25-11-3-7-15-29(25)34(32(31)26-12-4-8-16-30(26)36-33)27-13-5-1-9-23(27)24-10-2-6-14-28(24)34/h1-20H. The maximum absolute atomic E-state index is 6.28. The summed E-state index contributed by atoms with van der Waals surface area (Å²) in [7, 11) is 0. The number of rotatable bonds is 1. The highest BCUT2D eigenvalue weighted by Gasteiger charge is 2.53. The van der Waals surface area contributed by atoms with Crippen LogP contribution in [0.4, 0.5) is 0 Å². The summed E-state index contributed by atoms with van der Waals surface area (Å²) in [6, 6.07) is 43.4. The van der Waals surface area contributed by atoms with Gasteiger partial charge in [-0.3, -0.25) is 0 Å². The summed E-state index contributed by atoms with van der Waals surface area (Å²) < 4.78 is 0. The highest BCUT2D eigenvalue weighted by Crippen LogP contribution is 2.64. The fourth-order valence-corrected chi connectivity index (χ4v) is 6.76. The third-order valence-electron chi connectivity index (χ3n) is 7.94. The molecule has 0 N–H and O–H groups in total. The molecule has 0 saturated heterocycles. The van der Waals surface area contributed by atoms with Crippen molar-refractivity contribution in [2.75, 3.05) is 0 Å². The number of hydrogen-bond donors (Lipinski definition) is 0. The number of para-hydroxylation sites is 1. The first-order chi connectivity index (χ1) is 17.8. The molecule has 36 heavy (non-hydrogen) atoms. The van der Waals surface area contributed by atoms with Gasteiger partial charge in [-0.25, -0.2) is 4.98 Å². The molecule has 168 valence electrons. The van der Waals surface area contributed by atoms with Gasteiger partial charge in [-0.2, -0.15) is 0 Å². The zero-order chi connectivity index (χ0) is 23.9. The number of nitrogens with zero attached hydrogens (tertiary/aromatic N) is 1. The first kappa shape index (κ1) is 20.0. The maximum Gasteiger partial charge on any atom is 0.0791 e. The van der Waals surface area contributed by atoms with E-state index in [1.807, 2.05) is 12.1 Å². The van der Waals surface area contributed by atoms with Crippen molar-refractivity contribution in [3.63, 3.8) is 0 Å². The van der Waals surface area contributed by atoms with Crippen LogP contribution in [0.5, 0.6) is 0 Å². The second-order valence-corrected chi connectivity index (χ2v) is 10.1. The molecule has 0 fully saturated rings. The van der Waals surface area contributed by atoms with Crippen molar-refractivity contribution < 1.29 is 0 Å². The first-order valence-electron chi connectivity index (χ1n) is 12.3. The molecule has 2 aliphatic carbocycles.